The van der Waals surface area contributed by atoms with Crippen LogP contribution in [0.25, 0.3) is 0 Å². The van der Waals surface area contributed by atoms with Gasteiger partial charge in [-0.1, -0.05) is 13.8 Å². The van der Waals surface area contributed by atoms with E-state index < -0.39 is 17.9 Å². The summed E-state index contributed by atoms with van der Waals surface area (Å²) in [4.78, 5) is 35.2. The first-order valence-electron chi connectivity index (χ1n) is 6.66. The number of hydrogen-bond donors (Lipinski definition) is 2. The largest absolute Gasteiger partial charge is 0.481 e. The van der Waals surface area contributed by atoms with Gasteiger partial charge < -0.3 is 20.1 Å². The summed E-state index contributed by atoms with van der Waals surface area (Å²) in [6.45, 7) is 5.89. The van der Waals surface area contributed by atoms with Gasteiger partial charge in [-0.2, -0.15) is 0 Å². The van der Waals surface area contributed by atoms with Gasteiger partial charge >= 0.3 is 18.0 Å². The molecule has 0 radical (unpaired) electrons. The number of hydrogen-bond acceptors (Lipinski definition) is 4. The molecule has 1 unspecified atom stereocenters. The zero-order valence-electron chi connectivity index (χ0n) is 12.5. The average molecular weight is 288 g/mol. The monoisotopic (exact) mass is 288 g/mol. The summed E-state index contributed by atoms with van der Waals surface area (Å²) >= 11 is 0. The zero-order valence-corrected chi connectivity index (χ0v) is 12.5. The van der Waals surface area contributed by atoms with Crippen molar-refractivity contribution in [1.82, 2.24) is 10.2 Å². The van der Waals surface area contributed by atoms with E-state index in [0.717, 1.165) is 0 Å². The van der Waals surface area contributed by atoms with E-state index in [-0.39, 0.29) is 31.4 Å². The second-order valence-corrected chi connectivity index (χ2v) is 4.85. The van der Waals surface area contributed by atoms with Gasteiger partial charge in [-0.25, -0.2) is 4.79 Å². The van der Waals surface area contributed by atoms with Crippen molar-refractivity contribution in [3.05, 3.63) is 0 Å². The molecular formula is C13H24N2O5. The van der Waals surface area contributed by atoms with Gasteiger partial charge in [0.05, 0.1) is 18.9 Å². The maximum absolute atomic E-state index is 11.7. The van der Waals surface area contributed by atoms with Gasteiger partial charge in [-0.05, 0) is 12.8 Å². The normalized spacial score (nSPS) is 11.8. The Morgan fingerprint density at radius 2 is 1.90 bits per heavy atom. The van der Waals surface area contributed by atoms with Crippen LogP contribution in [0.5, 0.6) is 0 Å². The van der Waals surface area contributed by atoms with Gasteiger partial charge in [0, 0.05) is 20.1 Å². The quantitative estimate of drug-likeness (QED) is 0.648. The molecule has 0 aromatic carbocycles. The molecule has 1 atom stereocenters. The van der Waals surface area contributed by atoms with E-state index in [9.17, 15) is 14.4 Å². The molecule has 116 valence electrons. The van der Waals surface area contributed by atoms with Crippen molar-refractivity contribution in [3.8, 4) is 0 Å². The molecule has 0 aromatic heterocycles. The van der Waals surface area contributed by atoms with Crippen LogP contribution in [0, 0.1) is 11.8 Å². The number of carbonyl (C=O) groups is 3. The molecular weight excluding hydrogens is 264 g/mol. The summed E-state index contributed by atoms with van der Waals surface area (Å²) in [6.07, 6.45) is 0.115. The number of ether oxygens (including phenoxy) is 1. The Balaban J connectivity index is 4.13. The average Bonchev–Trinajstić information content (AvgIpc) is 2.35. The molecule has 0 fully saturated rings. The summed E-state index contributed by atoms with van der Waals surface area (Å²) in [5, 5.41) is 11.6. The number of aliphatic carboxylic acids is 1. The van der Waals surface area contributed by atoms with Gasteiger partial charge in [0.1, 0.15) is 0 Å². The maximum Gasteiger partial charge on any atom is 0.317 e. The first-order chi connectivity index (χ1) is 9.29. The molecule has 0 aliphatic carbocycles. The summed E-state index contributed by atoms with van der Waals surface area (Å²) in [7, 11) is 1.54. The Morgan fingerprint density at radius 1 is 1.30 bits per heavy atom. The summed E-state index contributed by atoms with van der Waals surface area (Å²) < 4.78 is 4.76. The second kappa shape index (κ2) is 9.17. The van der Waals surface area contributed by atoms with Crippen LogP contribution in [0.1, 0.15) is 27.2 Å². The van der Waals surface area contributed by atoms with E-state index in [2.05, 4.69) is 5.32 Å². The predicted octanol–water partition coefficient (Wildman–Crippen LogP) is 0.938. The Kier molecular flexibility index (Phi) is 8.35. The third kappa shape index (κ3) is 6.96. The van der Waals surface area contributed by atoms with Crippen LogP contribution < -0.4 is 5.32 Å². The molecule has 2 N–H and O–H groups in total. The minimum Gasteiger partial charge on any atom is -0.481 e. The van der Waals surface area contributed by atoms with Gasteiger partial charge in [-0.3, -0.25) is 9.59 Å². The van der Waals surface area contributed by atoms with E-state index in [4.69, 9.17) is 9.84 Å². The Bertz CT molecular complexity index is 344. The number of carboxylic acids is 1. The van der Waals surface area contributed by atoms with Crippen molar-refractivity contribution in [2.45, 2.75) is 27.2 Å². The molecule has 0 aliphatic rings. The SMILES string of the molecule is CCOC(=O)CCN(C)C(=O)NCC(C(=O)O)C(C)C. The van der Waals surface area contributed by atoms with Crippen LogP contribution >= 0.6 is 0 Å². The number of nitrogens with zero attached hydrogens (tertiary/aromatic N) is 1. The molecule has 0 spiro atoms. The molecule has 7 heteroatoms. The van der Waals surface area contributed by atoms with Gasteiger partial charge in [0.25, 0.3) is 0 Å². The van der Waals surface area contributed by atoms with E-state index >= 15 is 0 Å². The Labute approximate surface area is 119 Å². The van der Waals surface area contributed by atoms with E-state index in [1.165, 1.54) is 4.90 Å². The number of urea groups is 1. The first-order valence-corrected chi connectivity index (χ1v) is 6.66. The molecule has 2 amide bonds. The molecule has 20 heavy (non-hydrogen) atoms. The van der Waals surface area contributed by atoms with Gasteiger partial charge in [0.15, 0.2) is 0 Å². The third-order valence-electron chi connectivity index (χ3n) is 2.90. The maximum atomic E-state index is 11.7. The third-order valence-corrected chi connectivity index (χ3v) is 2.90. The molecule has 0 saturated heterocycles. The summed E-state index contributed by atoms with van der Waals surface area (Å²) in [6, 6.07) is -0.402. The fourth-order valence-electron chi connectivity index (χ4n) is 1.53. The lowest BCUT2D eigenvalue weighted by Gasteiger charge is -2.21. The van der Waals surface area contributed by atoms with Crippen molar-refractivity contribution < 1.29 is 24.2 Å². The van der Waals surface area contributed by atoms with Crippen molar-refractivity contribution in [1.29, 1.82) is 0 Å². The van der Waals surface area contributed by atoms with Crippen LogP contribution in [-0.4, -0.2) is 54.7 Å². The molecule has 0 aromatic rings. The number of esters is 1. The van der Waals surface area contributed by atoms with Gasteiger partial charge in [-0.15, -0.1) is 0 Å². The van der Waals surface area contributed by atoms with E-state index in [1.807, 2.05) is 0 Å². The topological polar surface area (TPSA) is 95.9 Å². The lowest BCUT2D eigenvalue weighted by atomic mass is 9.96. The molecule has 0 saturated carbocycles. The van der Waals surface area contributed by atoms with E-state index in [1.54, 1.807) is 27.8 Å². The second-order valence-electron chi connectivity index (χ2n) is 4.85. The molecule has 0 rings (SSSR count). The van der Waals surface area contributed by atoms with Crippen LogP contribution in [0.4, 0.5) is 4.79 Å². The molecule has 7 nitrogen and oxygen atoms in total. The van der Waals surface area contributed by atoms with Crippen molar-refractivity contribution >= 4 is 18.0 Å². The Morgan fingerprint density at radius 3 is 2.35 bits per heavy atom. The van der Waals surface area contributed by atoms with Crippen LogP contribution in [0.3, 0.4) is 0 Å². The highest BCUT2D eigenvalue weighted by Gasteiger charge is 2.22. The van der Waals surface area contributed by atoms with E-state index in [0.29, 0.717) is 6.61 Å². The van der Waals surface area contributed by atoms with Crippen LogP contribution in [0.15, 0.2) is 0 Å². The molecule has 0 aliphatic heterocycles. The molecule has 0 heterocycles. The van der Waals surface area contributed by atoms with Gasteiger partial charge in [0.2, 0.25) is 0 Å². The lowest BCUT2D eigenvalue weighted by molar-refractivity contribution is -0.143. The smallest absolute Gasteiger partial charge is 0.317 e. The standard InChI is InChI=1S/C13H24N2O5/c1-5-20-11(16)6-7-15(4)13(19)14-8-10(9(2)3)12(17)18/h9-10H,5-8H2,1-4H3,(H,14,19)(H,17,18). The fourth-order valence-corrected chi connectivity index (χ4v) is 1.53. The van der Waals surface area contributed by atoms with Crippen LogP contribution in [-0.2, 0) is 14.3 Å². The van der Waals surface area contributed by atoms with Crippen LogP contribution in [0.2, 0.25) is 0 Å². The predicted molar refractivity (Wildman–Crippen MR) is 73.2 cm³/mol. The molecule has 0 bridgehead atoms. The number of nitrogens with one attached hydrogen (secondary N) is 1. The summed E-state index contributed by atoms with van der Waals surface area (Å²) in [5.41, 5.74) is 0. The number of rotatable bonds is 8. The minimum absolute atomic E-state index is 0.0651. The summed E-state index contributed by atoms with van der Waals surface area (Å²) in [5.74, 6) is -2.00. The highest BCUT2D eigenvalue weighted by Crippen LogP contribution is 2.09. The Hall–Kier alpha value is -1.79. The minimum atomic E-state index is -0.936. The van der Waals surface area contributed by atoms with Crippen molar-refractivity contribution in [2.75, 3.05) is 26.7 Å². The zero-order chi connectivity index (χ0) is 15.7. The first kappa shape index (κ1) is 18.2. The lowest BCUT2D eigenvalue weighted by Crippen LogP contribution is -2.42. The van der Waals surface area contributed by atoms with Crippen molar-refractivity contribution in [3.63, 3.8) is 0 Å². The highest BCUT2D eigenvalue weighted by atomic mass is 16.5. The highest BCUT2D eigenvalue weighted by molar-refractivity contribution is 5.76. The number of carboxylic acid groups (broad SMARTS) is 1. The fraction of sp³-hybridized carbons (Fsp3) is 0.769. The number of carbonyl (C=O) groups excluding carboxylic acids is 2. The number of amides is 2. The van der Waals surface area contributed by atoms with Crippen molar-refractivity contribution in [2.24, 2.45) is 11.8 Å².